The predicted molar refractivity (Wildman–Crippen MR) is 56.9 cm³/mol. The fourth-order valence-electron chi connectivity index (χ4n) is 1.43. The Balaban J connectivity index is 3.24. The fourth-order valence-corrected chi connectivity index (χ4v) is 1.43. The molecule has 4 N–H and O–H groups in total. The normalized spacial score (nSPS) is 15.2. The van der Waals surface area contributed by atoms with Crippen LogP contribution in [0.15, 0.2) is 18.2 Å². The Bertz CT molecular complexity index is 434. The van der Waals surface area contributed by atoms with E-state index in [2.05, 4.69) is 0 Å². The SMILES string of the molecule is NCC(O)C(O)c1cc(C=O)cc(C(F)(F)F)c1. The molecule has 2 unspecified atom stereocenters. The van der Waals surface area contributed by atoms with Crippen molar-refractivity contribution in [2.24, 2.45) is 5.73 Å². The Labute approximate surface area is 101 Å². The fraction of sp³-hybridized carbons (Fsp3) is 0.364. The molecule has 18 heavy (non-hydrogen) atoms. The Morgan fingerprint density at radius 3 is 2.33 bits per heavy atom. The second-order valence-electron chi connectivity index (χ2n) is 3.75. The molecule has 1 rings (SSSR count). The van der Waals surface area contributed by atoms with Gasteiger partial charge in [0, 0.05) is 12.1 Å². The highest BCUT2D eigenvalue weighted by Gasteiger charge is 2.32. The molecule has 0 amide bonds. The zero-order valence-corrected chi connectivity index (χ0v) is 9.19. The number of carbonyl (C=O) groups excluding carboxylic acids is 1. The molecule has 1 aromatic rings. The van der Waals surface area contributed by atoms with Crippen LogP contribution < -0.4 is 5.73 Å². The molecule has 0 aliphatic heterocycles. The summed E-state index contributed by atoms with van der Waals surface area (Å²) in [4.78, 5) is 10.6. The second kappa shape index (κ2) is 5.47. The summed E-state index contributed by atoms with van der Waals surface area (Å²) in [5, 5.41) is 18.9. The van der Waals surface area contributed by atoms with E-state index in [0.717, 1.165) is 6.07 Å². The van der Waals surface area contributed by atoms with Crippen LogP contribution >= 0.6 is 0 Å². The first-order valence-corrected chi connectivity index (χ1v) is 5.03. The number of benzene rings is 1. The van der Waals surface area contributed by atoms with E-state index < -0.39 is 23.9 Å². The summed E-state index contributed by atoms with van der Waals surface area (Å²) in [6, 6.07) is 2.42. The van der Waals surface area contributed by atoms with E-state index in [1.165, 1.54) is 0 Å². The van der Waals surface area contributed by atoms with E-state index in [-0.39, 0.29) is 24.0 Å². The molecule has 0 fully saturated rings. The average Bonchev–Trinajstić information content (AvgIpc) is 2.35. The second-order valence-corrected chi connectivity index (χ2v) is 3.75. The molecular weight excluding hydrogens is 251 g/mol. The maximum atomic E-state index is 12.5. The number of carbonyl (C=O) groups is 1. The van der Waals surface area contributed by atoms with Gasteiger partial charge in [-0.25, -0.2) is 0 Å². The van der Waals surface area contributed by atoms with Crippen molar-refractivity contribution in [1.29, 1.82) is 0 Å². The predicted octanol–water partition coefficient (Wildman–Crippen LogP) is 0.871. The van der Waals surface area contributed by atoms with Crippen LogP contribution in [0.4, 0.5) is 13.2 Å². The van der Waals surface area contributed by atoms with Crippen molar-refractivity contribution in [3.05, 3.63) is 34.9 Å². The van der Waals surface area contributed by atoms with Crippen molar-refractivity contribution < 1.29 is 28.2 Å². The molecule has 0 aromatic heterocycles. The largest absolute Gasteiger partial charge is 0.416 e. The summed E-state index contributed by atoms with van der Waals surface area (Å²) in [5.41, 5.74) is 3.60. The number of halogens is 3. The summed E-state index contributed by atoms with van der Waals surface area (Å²) in [7, 11) is 0. The van der Waals surface area contributed by atoms with Crippen molar-refractivity contribution in [3.63, 3.8) is 0 Å². The number of hydrogen-bond donors (Lipinski definition) is 3. The van der Waals surface area contributed by atoms with Gasteiger partial charge < -0.3 is 15.9 Å². The minimum atomic E-state index is -4.64. The topological polar surface area (TPSA) is 83.6 Å². The van der Waals surface area contributed by atoms with Gasteiger partial charge in [-0.2, -0.15) is 13.2 Å². The van der Waals surface area contributed by atoms with E-state index >= 15 is 0 Å². The molecule has 7 heteroatoms. The van der Waals surface area contributed by atoms with E-state index in [4.69, 9.17) is 5.73 Å². The van der Waals surface area contributed by atoms with Gasteiger partial charge in [-0.1, -0.05) is 0 Å². The molecule has 2 atom stereocenters. The van der Waals surface area contributed by atoms with Gasteiger partial charge in [0.2, 0.25) is 0 Å². The van der Waals surface area contributed by atoms with Crippen LogP contribution in [0, 0.1) is 0 Å². The highest BCUT2D eigenvalue weighted by atomic mass is 19.4. The highest BCUT2D eigenvalue weighted by molar-refractivity contribution is 5.75. The molecule has 1 aromatic carbocycles. The molecule has 0 saturated heterocycles. The minimum absolute atomic E-state index is 0.204. The lowest BCUT2D eigenvalue weighted by Gasteiger charge is -2.18. The first-order chi connectivity index (χ1) is 8.29. The van der Waals surface area contributed by atoms with Crippen LogP contribution in [-0.4, -0.2) is 29.1 Å². The number of aliphatic hydroxyl groups excluding tert-OH is 2. The zero-order valence-electron chi connectivity index (χ0n) is 9.19. The summed E-state index contributed by atoms with van der Waals surface area (Å²) in [6.45, 7) is -0.312. The van der Waals surface area contributed by atoms with Gasteiger partial charge >= 0.3 is 6.18 Å². The molecule has 0 heterocycles. The highest BCUT2D eigenvalue weighted by Crippen LogP contribution is 2.32. The molecular formula is C11H12F3NO3. The number of rotatable bonds is 4. The van der Waals surface area contributed by atoms with Gasteiger partial charge in [-0.15, -0.1) is 0 Å². The van der Waals surface area contributed by atoms with Crippen LogP contribution in [0.2, 0.25) is 0 Å². The molecule has 0 aliphatic carbocycles. The van der Waals surface area contributed by atoms with Crippen LogP contribution in [0.3, 0.4) is 0 Å². The lowest BCUT2D eigenvalue weighted by molar-refractivity contribution is -0.137. The summed E-state index contributed by atoms with van der Waals surface area (Å²) in [6.07, 6.45) is -7.37. The van der Waals surface area contributed by atoms with Crippen LogP contribution in [0.5, 0.6) is 0 Å². The smallest absolute Gasteiger partial charge is 0.389 e. The van der Waals surface area contributed by atoms with Gasteiger partial charge in [-0.3, -0.25) is 4.79 Å². The Morgan fingerprint density at radius 1 is 1.28 bits per heavy atom. The lowest BCUT2D eigenvalue weighted by Crippen LogP contribution is -2.27. The maximum Gasteiger partial charge on any atom is 0.416 e. The number of hydrogen-bond acceptors (Lipinski definition) is 4. The van der Waals surface area contributed by atoms with Crippen LogP contribution in [0.25, 0.3) is 0 Å². The minimum Gasteiger partial charge on any atom is -0.389 e. The number of aldehydes is 1. The Kier molecular flexibility index (Phi) is 4.44. The van der Waals surface area contributed by atoms with E-state index in [0.29, 0.717) is 12.1 Å². The van der Waals surface area contributed by atoms with Crippen molar-refractivity contribution in [2.75, 3.05) is 6.54 Å². The van der Waals surface area contributed by atoms with Crippen LogP contribution in [-0.2, 0) is 6.18 Å². The van der Waals surface area contributed by atoms with Gasteiger partial charge in [0.05, 0.1) is 11.7 Å². The average molecular weight is 263 g/mol. The Hall–Kier alpha value is -1.44. The summed E-state index contributed by atoms with van der Waals surface area (Å²) in [5.74, 6) is 0. The molecule has 0 spiro atoms. The monoisotopic (exact) mass is 263 g/mol. The number of aliphatic hydroxyl groups is 2. The summed E-state index contributed by atoms with van der Waals surface area (Å²) < 4.78 is 37.6. The van der Waals surface area contributed by atoms with Gasteiger partial charge in [0.25, 0.3) is 0 Å². The zero-order chi connectivity index (χ0) is 13.9. The lowest BCUT2D eigenvalue weighted by atomic mass is 9.99. The summed E-state index contributed by atoms with van der Waals surface area (Å²) >= 11 is 0. The van der Waals surface area contributed by atoms with E-state index in [1.807, 2.05) is 0 Å². The Morgan fingerprint density at radius 2 is 1.89 bits per heavy atom. The van der Waals surface area contributed by atoms with Crippen molar-refractivity contribution in [2.45, 2.75) is 18.4 Å². The maximum absolute atomic E-state index is 12.5. The van der Waals surface area contributed by atoms with Crippen molar-refractivity contribution in [1.82, 2.24) is 0 Å². The first kappa shape index (κ1) is 14.6. The van der Waals surface area contributed by atoms with Gasteiger partial charge in [-0.05, 0) is 23.8 Å². The first-order valence-electron chi connectivity index (χ1n) is 5.03. The van der Waals surface area contributed by atoms with Crippen molar-refractivity contribution in [3.8, 4) is 0 Å². The molecule has 0 saturated carbocycles. The van der Waals surface area contributed by atoms with Gasteiger partial charge in [0.1, 0.15) is 12.4 Å². The molecule has 0 radical (unpaired) electrons. The molecule has 100 valence electrons. The molecule has 0 aliphatic rings. The third-order valence-corrected chi connectivity index (χ3v) is 2.39. The van der Waals surface area contributed by atoms with E-state index in [1.54, 1.807) is 0 Å². The standard InChI is InChI=1S/C11H12F3NO3/c12-11(13,14)8-2-6(5-16)1-7(3-8)10(18)9(17)4-15/h1-3,5,9-10,17-18H,4,15H2. The quantitative estimate of drug-likeness (QED) is 0.704. The van der Waals surface area contributed by atoms with Gasteiger partial charge in [0.15, 0.2) is 0 Å². The third-order valence-electron chi connectivity index (χ3n) is 2.39. The van der Waals surface area contributed by atoms with E-state index in [9.17, 15) is 28.2 Å². The third kappa shape index (κ3) is 3.28. The molecule has 0 bridgehead atoms. The molecule has 4 nitrogen and oxygen atoms in total. The number of alkyl halides is 3. The number of nitrogens with two attached hydrogens (primary N) is 1. The van der Waals surface area contributed by atoms with Crippen molar-refractivity contribution >= 4 is 6.29 Å². The van der Waals surface area contributed by atoms with Crippen LogP contribution in [0.1, 0.15) is 27.6 Å².